The molecule has 3 rings (SSSR count). The Morgan fingerprint density at radius 3 is 2.93 bits per heavy atom. The molecule has 0 aliphatic rings. The fourth-order valence-electron chi connectivity index (χ4n) is 1.74. The number of hydrogen-bond acceptors (Lipinski definition) is 2. The molecule has 0 aliphatic heterocycles. The van der Waals surface area contributed by atoms with Gasteiger partial charge in [-0.25, -0.2) is 4.52 Å². The van der Waals surface area contributed by atoms with Crippen molar-refractivity contribution in [3.8, 4) is 5.75 Å². The molecule has 68 valence electrons. The van der Waals surface area contributed by atoms with E-state index < -0.39 is 0 Å². The van der Waals surface area contributed by atoms with Gasteiger partial charge in [-0.15, -0.1) is 0 Å². The molecule has 0 saturated carbocycles. The Balaban J connectivity index is 2.65. The molecule has 0 spiro atoms. The first-order valence-corrected chi connectivity index (χ1v) is 4.40. The maximum absolute atomic E-state index is 9.63. The van der Waals surface area contributed by atoms with E-state index in [1.54, 1.807) is 4.52 Å². The molecule has 14 heavy (non-hydrogen) atoms. The quantitative estimate of drug-likeness (QED) is 0.581. The second-order valence-electron chi connectivity index (χ2n) is 3.23. The van der Waals surface area contributed by atoms with Crippen LogP contribution in [-0.2, 0) is 0 Å². The number of fused-ring (bicyclic) bond motifs is 3. The first kappa shape index (κ1) is 7.38. The van der Waals surface area contributed by atoms with E-state index in [9.17, 15) is 5.11 Å². The molecule has 0 saturated heterocycles. The number of aromatic hydroxyl groups is 1. The molecule has 1 N–H and O–H groups in total. The van der Waals surface area contributed by atoms with Crippen LogP contribution in [0.4, 0.5) is 0 Å². The van der Waals surface area contributed by atoms with Crippen LogP contribution in [0, 0.1) is 0 Å². The van der Waals surface area contributed by atoms with Crippen molar-refractivity contribution in [2.45, 2.75) is 0 Å². The van der Waals surface area contributed by atoms with E-state index in [1.807, 2.05) is 36.5 Å². The average molecular weight is 184 g/mol. The van der Waals surface area contributed by atoms with E-state index in [-0.39, 0.29) is 5.75 Å². The number of rotatable bonds is 0. The average Bonchev–Trinajstić information content (AvgIpc) is 2.61. The van der Waals surface area contributed by atoms with E-state index in [2.05, 4.69) is 5.10 Å². The highest BCUT2D eigenvalue weighted by atomic mass is 16.3. The summed E-state index contributed by atoms with van der Waals surface area (Å²) in [6.45, 7) is 0. The summed E-state index contributed by atoms with van der Waals surface area (Å²) >= 11 is 0. The Morgan fingerprint density at radius 2 is 2.00 bits per heavy atom. The summed E-state index contributed by atoms with van der Waals surface area (Å²) in [5.41, 5.74) is 0.767. The van der Waals surface area contributed by atoms with E-state index in [0.717, 1.165) is 16.3 Å². The standard InChI is InChI=1S/C11H8N2O/c14-10-7-12-13-6-5-8-3-1-2-4-9(8)11(10)13/h1-7,14H. The molecule has 3 heteroatoms. The van der Waals surface area contributed by atoms with E-state index in [1.165, 1.54) is 6.20 Å². The lowest BCUT2D eigenvalue weighted by atomic mass is 10.1. The lowest BCUT2D eigenvalue weighted by molar-refractivity contribution is 0.481. The van der Waals surface area contributed by atoms with Crippen LogP contribution in [-0.4, -0.2) is 14.7 Å². The number of pyridine rings is 1. The van der Waals surface area contributed by atoms with Crippen molar-refractivity contribution in [3.05, 3.63) is 42.7 Å². The number of benzene rings is 1. The topological polar surface area (TPSA) is 37.5 Å². The molecule has 0 fully saturated rings. The van der Waals surface area contributed by atoms with Gasteiger partial charge in [0.2, 0.25) is 0 Å². The van der Waals surface area contributed by atoms with Gasteiger partial charge in [0, 0.05) is 11.6 Å². The Labute approximate surface area is 80.2 Å². The number of aromatic nitrogens is 2. The van der Waals surface area contributed by atoms with Crippen molar-refractivity contribution in [1.29, 1.82) is 0 Å². The van der Waals surface area contributed by atoms with E-state index in [0.29, 0.717) is 0 Å². The lowest BCUT2D eigenvalue weighted by Gasteiger charge is -1.99. The molecule has 0 radical (unpaired) electrons. The van der Waals surface area contributed by atoms with Crippen molar-refractivity contribution in [2.75, 3.05) is 0 Å². The summed E-state index contributed by atoms with van der Waals surface area (Å²) in [5.74, 6) is 0.224. The van der Waals surface area contributed by atoms with Gasteiger partial charge in [-0.2, -0.15) is 5.10 Å². The van der Waals surface area contributed by atoms with Crippen molar-refractivity contribution >= 4 is 16.3 Å². The summed E-state index contributed by atoms with van der Waals surface area (Å²) < 4.78 is 1.68. The monoisotopic (exact) mass is 184 g/mol. The molecule has 3 aromatic rings. The highest BCUT2D eigenvalue weighted by Gasteiger charge is 2.05. The lowest BCUT2D eigenvalue weighted by Crippen LogP contribution is -1.85. The third kappa shape index (κ3) is 0.836. The normalized spacial score (nSPS) is 11.1. The van der Waals surface area contributed by atoms with Gasteiger partial charge in [0.15, 0.2) is 5.75 Å². The molecule has 0 amide bonds. The number of hydrogen-bond donors (Lipinski definition) is 1. The van der Waals surface area contributed by atoms with Gasteiger partial charge < -0.3 is 5.11 Å². The Kier molecular flexibility index (Phi) is 1.31. The fourth-order valence-corrected chi connectivity index (χ4v) is 1.74. The van der Waals surface area contributed by atoms with Gasteiger partial charge >= 0.3 is 0 Å². The number of nitrogens with zero attached hydrogens (tertiary/aromatic N) is 2. The summed E-state index contributed by atoms with van der Waals surface area (Å²) in [6, 6.07) is 9.91. The van der Waals surface area contributed by atoms with Gasteiger partial charge in [-0.3, -0.25) is 0 Å². The van der Waals surface area contributed by atoms with Gasteiger partial charge in [-0.05, 0) is 11.5 Å². The van der Waals surface area contributed by atoms with Crippen molar-refractivity contribution in [3.63, 3.8) is 0 Å². The summed E-state index contributed by atoms with van der Waals surface area (Å²) in [7, 11) is 0. The van der Waals surface area contributed by atoms with Crippen molar-refractivity contribution in [1.82, 2.24) is 9.61 Å². The Bertz CT molecular complexity index is 613. The SMILES string of the molecule is Oc1cnn2ccc3ccccc3c12. The predicted molar refractivity (Wildman–Crippen MR) is 54.4 cm³/mol. The zero-order valence-corrected chi connectivity index (χ0v) is 7.38. The maximum atomic E-state index is 9.63. The van der Waals surface area contributed by atoms with Crippen LogP contribution in [0.15, 0.2) is 42.7 Å². The minimum Gasteiger partial charge on any atom is -0.504 e. The van der Waals surface area contributed by atoms with Crippen LogP contribution in [0.5, 0.6) is 5.75 Å². The van der Waals surface area contributed by atoms with Crippen LogP contribution in [0.25, 0.3) is 16.3 Å². The van der Waals surface area contributed by atoms with E-state index >= 15 is 0 Å². The van der Waals surface area contributed by atoms with Crippen molar-refractivity contribution in [2.24, 2.45) is 0 Å². The minimum atomic E-state index is 0.224. The largest absolute Gasteiger partial charge is 0.504 e. The third-order valence-electron chi connectivity index (χ3n) is 2.39. The molecule has 3 nitrogen and oxygen atoms in total. The van der Waals surface area contributed by atoms with Crippen molar-refractivity contribution < 1.29 is 5.11 Å². The van der Waals surface area contributed by atoms with Gasteiger partial charge in [0.05, 0.1) is 6.20 Å². The highest BCUT2D eigenvalue weighted by molar-refractivity contribution is 5.98. The molecule has 0 bridgehead atoms. The molecular weight excluding hydrogens is 176 g/mol. The Morgan fingerprint density at radius 1 is 1.14 bits per heavy atom. The molecule has 2 aromatic heterocycles. The summed E-state index contributed by atoms with van der Waals surface area (Å²) in [5, 5.41) is 15.8. The molecule has 0 atom stereocenters. The zero-order valence-electron chi connectivity index (χ0n) is 7.38. The second kappa shape index (κ2) is 2.48. The second-order valence-corrected chi connectivity index (χ2v) is 3.23. The van der Waals surface area contributed by atoms with Crippen LogP contribution in [0.1, 0.15) is 0 Å². The van der Waals surface area contributed by atoms with Crippen LogP contribution in [0.3, 0.4) is 0 Å². The molecule has 0 aliphatic carbocycles. The first-order chi connectivity index (χ1) is 6.86. The highest BCUT2D eigenvalue weighted by Crippen LogP contribution is 2.26. The smallest absolute Gasteiger partial charge is 0.162 e. The summed E-state index contributed by atoms with van der Waals surface area (Å²) in [6.07, 6.45) is 3.30. The Hall–Kier alpha value is -2.03. The molecule has 1 aromatic carbocycles. The molecule has 0 unspecified atom stereocenters. The molecular formula is C11H8N2O. The van der Waals surface area contributed by atoms with Gasteiger partial charge in [0.25, 0.3) is 0 Å². The fraction of sp³-hybridized carbons (Fsp3) is 0. The van der Waals surface area contributed by atoms with Crippen LogP contribution < -0.4 is 0 Å². The predicted octanol–water partition coefficient (Wildman–Crippen LogP) is 2.19. The zero-order chi connectivity index (χ0) is 9.54. The van der Waals surface area contributed by atoms with Crippen LogP contribution in [0.2, 0.25) is 0 Å². The molecule has 2 heterocycles. The summed E-state index contributed by atoms with van der Waals surface area (Å²) in [4.78, 5) is 0. The third-order valence-corrected chi connectivity index (χ3v) is 2.39. The first-order valence-electron chi connectivity index (χ1n) is 4.40. The van der Waals surface area contributed by atoms with Gasteiger partial charge in [-0.1, -0.05) is 24.3 Å². The maximum Gasteiger partial charge on any atom is 0.162 e. The van der Waals surface area contributed by atoms with Gasteiger partial charge in [0.1, 0.15) is 5.52 Å². The van der Waals surface area contributed by atoms with Crippen LogP contribution >= 0.6 is 0 Å². The van der Waals surface area contributed by atoms with E-state index in [4.69, 9.17) is 0 Å². The minimum absolute atomic E-state index is 0.224.